The van der Waals surface area contributed by atoms with Crippen LogP contribution in [0.3, 0.4) is 0 Å². The van der Waals surface area contributed by atoms with E-state index < -0.39 is 21.7 Å². The van der Waals surface area contributed by atoms with Crippen molar-refractivity contribution in [3.8, 4) is 0 Å². The number of methoxy groups -OCH3 is 2. The van der Waals surface area contributed by atoms with Crippen LogP contribution in [0.1, 0.15) is 16.8 Å². The lowest BCUT2D eigenvalue weighted by atomic mass is 9.90. The van der Waals surface area contributed by atoms with Gasteiger partial charge in [-0.05, 0) is 30.4 Å². The maximum atomic E-state index is 13.6. The second kappa shape index (κ2) is 9.02. The first-order valence-corrected chi connectivity index (χ1v) is 12.2. The number of amides is 2. The van der Waals surface area contributed by atoms with Gasteiger partial charge in [0.05, 0.1) is 27.4 Å². The zero-order valence-electron chi connectivity index (χ0n) is 17.7. The molecule has 8 nitrogen and oxygen atoms in total. The lowest BCUT2D eigenvalue weighted by Gasteiger charge is -2.42. The fourth-order valence-corrected chi connectivity index (χ4v) is 7.34. The number of nitrogens with zero attached hydrogens (tertiary/aromatic N) is 3. The van der Waals surface area contributed by atoms with Crippen LogP contribution in [0.5, 0.6) is 0 Å². The summed E-state index contributed by atoms with van der Waals surface area (Å²) in [7, 11) is 0.335. The molecular formula is C22H27N3O5S. The lowest BCUT2D eigenvalue weighted by Crippen LogP contribution is -2.54. The van der Waals surface area contributed by atoms with Crippen molar-refractivity contribution in [3.05, 3.63) is 42.1 Å². The summed E-state index contributed by atoms with van der Waals surface area (Å²) in [5.74, 6) is 0.178. The summed E-state index contributed by atoms with van der Waals surface area (Å²) >= 11 is 0. The molecule has 2 fully saturated rings. The molecular weight excluding hydrogens is 418 g/mol. The summed E-state index contributed by atoms with van der Waals surface area (Å²) in [6.07, 6.45) is 1.83. The Morgan fingerprint density at radius 3 is 2.58 bits per heavy atom. The number of fused-ring (bicyclic) bond motifs is 3. The number of piperidine rings is 1. The number of carbonyl (C=O) groups excluding carboxylic acids is 2. The van der Waals surface area contributed by atoms with E-state index in [4.69, 9.17) is 9.47 Å². The van der Waals surface area contributed by atoms with E-state index in [0.29, 0.717) is 41.1 Å². The number of carbonyl (C=O) groups is 2. The number of hydrogen-bond donors (Lipinski definition) is 0. The molecule has 0 N–H and O–H groups in total. The van der Waals surface area contributed by atoms with Gasteiger partial charge in [0.15, 0.2) is 6.10 Å². The molecule has 0 saturated carbocycles. The van der Waals surface area contributed by atoms with Crippen LogP contribution in [0, 0.1) is 11.8 Å². The van der Waals surface area contributed by atoms with E-state index >= 15 is 0 Å². The van der Waals surface area contributed by atoms with Gasteiger partial charge in [-0.3, -0.25) is 14.6 Å². The van der Waals surface area contributed by atoms with Crippen LogP contribution in [-0.2, 0) is 24.0 Å². The van der Waals surface area contributed by atoms with Gasteiger partial charge in [0.25, 0.3) is 11.8 Å². The van der Waals surface area contributed by atoms with Gasteiger partial charge in [0.1, 0.15) is 0 Å². The minimum Gasteiger partial charge on any atom is -0.381 e. The smallest absolute Gasteiger partial charge is 0.285 e. The third-order valence-corrected chi connectivity index (χ3v) is 8.42. The van der Waals surface area contributed by atoms with E-state index in [1.807, 2.05) is 24.3 Å². The van der Waals surface area contributed by atoms with Crippen LogP contribution in [0.25, 0.3) is 10.9 Å². The zero-order chi connectivity index (χ0) is 22.0. The van der Waals surface area contributed by atoms with Gasteiger partial charge in [0.2, 0.25) is 0 Å². The number of likely N-dealkylation sites (tertiary alicyclic amines) is 1. The minimum atomic E-state index is -2.69. The fourth-order valence-electron chi connectivity index (χ4n) is 4.70. The number of ether oxygens (including phenoxy) is 2. The van der Waals surface area contributed by atoms with Crippen molar-refractivity contribution in [2.24, 2.45) is 16.2 Å². The molecule has 3 unspecified atom stereocenters. The summed E-state index contributed by atoms with van der Waals surface area (Å²) in [6.45, 7) is 1.19. The fraction of sp³-hybridized carbons (Fsp3) is 0.500. The molecule has 1 aromatic carbocycles. The molecule has 0 spiro atoms. The third kappa shape index (κ3) is 4.63. The molecule has 1 aromatic heterocycles. The normalized spacial score (nSPS) is 26.5. The second-order valence-electron chi connectivity index (χ2n) is 8.27. The number of pyridine rings is 1. The van der Waals surface area contributed by atoms with Crippen LogP contribution in [0.15, 0.2) is 40.9 Å². The molecule has 2 bridgehead atoms. The van der Waals surface area contributed by atoms with Gasteiger partial charge in [-0.15, -0.1) is 0 Å². The van der Waals surface area contributed by atoms with Crippen LogP contribution in [-0.4, -0.2) is 77.4 Å². The highest BCUT2D eigenvalue weighted by atomic mass is 32.2. The summed E-state index contributed by atoms with van der Waals surface area (Å²) in [6, 6.07) is 8.98. The Morgan fingerprint density at radius 2 is 1.90 bits per heavy atom. The van der Waals surface area contributed by atoms with Gasteiger partial charge < -0.3 is 14.4 Å². The van der Waals surface area contributed by atoms with Crippen molar-refractivity contribution in [2.75, 3.05) is 45.4 Å². The molecule has 31 heavy (non-hydrogen) atoms. The molecule has 2 aromatic rings. The summed E-state index contributed by atoms with van der Waals surface area (Å²) in [4.78, 5) is 31.8. The lowest BCUT2D eigenvalue weighted by molar-refractivity contribution is -0.147. The Hall–Kier alpha value is -2.36. The van der Waals surface area contributed by atoms with E-state index in [0.717, 1.165) is 6.42 Å². The zero-order valence-corrected chi connectivity index (χ0v) is 18.5. The van der Waals surface area contributed by atoms with Crippen molar-refractivity contribution < 1.29 is 23.3 Å². The van der Waals surface area contributed by atoms with E-state index in [2.05, 4.69) is 9.35 Å². The molecule has 2 aliphatic rings. The van der Waals surface area contributed by atoms with Crippen LogP contribution < -0.4 is 0 Å². The third-order valence-electron chi connectivity index (χ3n) is 5.93. The molecule has 9 heteroatoms. The quantitative estimate of drug-likeness (QED) is 0.698. The minimum absolute atomic E-state index is 0.0507. The predicted molar refractivity (Wildman–Crippen MR) is 117 cm³/mol. The van der Waals surface area contributed by atoms with Crippen molar-refractivity contribution in [2.45, 2.75) is 12.5 Å². The monoisotopic (exact) mass is 445 g/mol. The Morgan fingerprint density at radius 1 is 1.19 bits per heavy atom. The molecule has 3 heterocycles. The molecule has 0 aliphatic carbocycles. The maximum absolute atomic E-state index is 13.6. The van der Waals surface area contributed by atoms with E-state index in [-0.39, 0.29) is 24.3 Å². The summed E-state index contributed by atoms with van der Waals surface area (Å²) < 4.78 is 28.1. The van der Waals surface area contributed by atoms with E-state index in [9.17, 15) is 13.8 Å². The van der Waals surface area contributed by atoms with Gasteiger partial charge in [-0.2, -0.15) is 4.36 Å². The average molecular weight is 446 g/mol. The van der Waals surface area contributed by atoms with Crippen molar-refractivity contribution in [3.63, 3.8) is 0 Å². The second-order valence-corrected chi connectivity index (χ2v) is 10.7. The van der Waals surface area contributed by atoms with Gasteiger partial charge in [0, 0.05) is 50.4 Å². The summed E-state index contributed by atoms with van der Waals surface area (Å²) in [5, 5.41) is 0.707. The highest BCUT2D eigenvalue weighted by Gasteiger charge is 2.40. The van der Waals surface area contributed by atoms with E-state index in [1.54, 1.807) is 17.2 Å². The number of para-hydroxylation sites is 1. The van der Waals surface area contributed by atoms with Gasteiger partial charge >= 0.3 is 0 Å². The molecule has 2 amide bonds. The molecule has 0 radical (unpaired) electrons. The highest BCUT2D eigenvalue weighted by Crippen LogP contribution is 2.32. The van der Waals surface area contributed by atoms with E-state index in [1.165, 1.54) is 14.2 Å². The Labute approximate surface area is 182 Å². The van der Waals surface area contributed by atoms with Crippen molar-refractivity contribution >= 4 is 32.4 Å². The van der Waals surface area contributed by atoms with Crippen LogP contribution >= 0.6 is 0 Å². The molecule has 166 valence electrons. The summed E-state index contributed by atoms with van der Waals surface area (Å²) in [5.41, 5.74) is 1.13. The maximum Gasteiger partial charge on any atom is 0.285 e. The highest BCUT2D eigenvalue weighted by molar-refractivity contribution is 7.94. The standard InChI is InChI=1S/C22H27N3O5S/c1-29-12-20(30-2)22(27)25-10-15-9-16(11-25)14-31(28,13-15)24-21(26)18-7-8-23-19-6-4-3-5-17(18)19/h3-8,15-16,20H,9-14H2,1-2H3. The number of rotatable bonds is 5. The average Bonchev–Trinajstić information content (AvgIpc) is 2.75. The van der Waals surface area contributed by atoms with Gasteiger partial charge in [-0.1, -0.05) is 18.2 Å². The number of hydrogen-bond acceptors (Lipinski definition) is 6. The molecule has 2 aliphatic heterocycles. The Balaban J connectivity index is 1.53. The van der Waals surface area contributed by atoms with Crippen LogP contribution in [0.2, 0.25) is 0 Å². The Kier molecular flexibility index (Phi) is 6.36. The molecule has 3 atom stereocenters. The topological polar surface area (TPSA) is 98.2 Å². The number of benzene rings is 1. The van der Waals surface area contributed by atoms with Gasteiger partial charge in [-0.25, -0.2) is 4.21 Å². The Bertz CT molecular complexity index is 1090. The SMILES string of the molecule is COCC(OC)C(=O)N1CC2CC(C1)CS(=O)(=NC(=O)c1ccnc3ccccc13)C2. The number of aromatic nitrogens is 1. The first-order chi connectivity index (χ1) is 14.9. The molecule has 4 rings (SSSR count). The first-order valence-electron chi connectivity index (χ1n) is 10.3. The first kappa shape index (κ1) is 21.9. The largest absolute Gasteiger partial charge is 0.381 e. The predicted octanol–water partition coefficient (Wildman–Crippen LogP) is 1.98. The van der Waals surface area contributed by atoms with Crippen molar-refractivity contribution in [1.29, 1.82) is 0 Å². The van der Waals surface area contributed by atoms with Crippen molar-refractivity contribution in [1.82, 2.24) is 9.88 Å². The van der Waals surface area contributed by atoms with Crippen LogP contribution in [0.4, 0.5) is 0 Å². The molecule has 2 saturated heterocycles.